The first kappa shape index (κ1) is 38.4. The molecule has 2 N–H and O–H groups in total. The molecule has 11 heteroatoms. The van der Waals surface area contributed by atoms with Crippen molar-refractivity contribution < 1.29 is 33.8 Å². The summed E-state index contributed by atoms with van der Waals surface area (Å²) >= 11 is 3.75. The van der Waals surface area contributed by atoms with Crippen LogP contribution in [0.3, 0.4) is 0 Å². The number of anilines is 1. The molecule has 3 aliphatic rings. The second-order valence-electron chi connectivity index (χ2n) is 14.3. The highest BCUT2D eigenvalue weighted by atomic mass is 79.9. The molecule has 10 nitrogen and oxygen atoms in total. The number of amides is 3. The molecule has 2 aromatic carbocycles. The number of para-hydroxylation sites is 1. The Morgan fingerprint density at radius 3 is 2.35 bits per heavy atom. The third-order valence-electron chi connectivity index (χ3n) is 10.6. The third kappa shape index (κ3) is 7.04. The van der Waals surface area contributed by atoms with Gasteiger partial charge >= 0.3 is 5.97 Å². The number of hydrogen-bond acceptors (Lipinski definition) is 7. The highest BCUT2D eigenvalue weighted by Gasteiger charge is 2.78. The predicted octanol–water partition coefficient (Wildman–Crippen LogP) is 5.34. The number of hydrogen-bond donors (Lipinski definition) is 2. The number of nitrogens with one attached hydrogen (secondary N) is 1. The number of carbonyl (C=O) groups is 4. The molecular formula is C40H50BrN3O7. The Hall–Kier alpha value is -3.80. The monoisotopic (exact) mass is 763 g/mol. The van der Waals surface area contributed by atoms with Crippen LogP contribution in [0.2, 0.25) is 0 Å². The zero-order valence-corrected chi connectivity index (χ0v) is 31.7. The molecule has 51 heavy (non-hydrogen) atoms. The number of aliphatic hydroxyl groups excluding tert-OH is 1. The van der Waals surface area contributed by atoms with Crippen molar-refractivity contribution in [3.8, 4) is 0 Å². The first-order chi connectivity index (χ1) is 24.3. The van der Waals surface area contributed by atoms with Crippen LogP contribution in [0.5, 0.6) is 0 Å². The van der Waals surface area contributed by atoms with Crippen molar-refractivity contribution in [2.45, 2.75) is 94.6 Å². The normalized spacial score (nSPS) is 26.7. The van der Waals surface area contributed by atoms with E-state index in [0.29, 0.717) is 24.1 Å². The van der Waals surface area contributed by atoms with Crippen molar-refractivity contribution in [2.75, 3.05) is 18.1 Å². The summed E-state index contributed by atoms with van der Waals surface area (Å²) in [5, 5.41) is 13.6. The van der Waals surface area contributed by atoms with Crippen LogP contribution in [0.25, 0.3) is 0 Å². The summed E-state index contributed by atoms with van der Waals surface area (Å²) in [6, 6.07) is 12.5. The fourth-order valence-corrected chi connectivity index (χ4v) is 9.28. The molecule has 5 rings (SSSR count). The van der Waals surface area contributed by atoms with Gasteiger partial charge in [-0.1, -0.05) is 90.5 Å². The molecule has 3 fully saturated rings. The van der Waals surface area contributed by atoms with Crippen molar-refractivity contribution >= 4 is 45.3 Å². The van der Waals surface area contributed by atoms with Crippen molar-refractivity contribution in [3.63, 3.8) is 0 Å². The SMILES string of the molecule is C=CCCC(=O)N[C@@H](C)[C@H](OC(=O)[C@H]1[C@@H]2O[C@@]3(CC2Br)[C@@H]1C(=O)N([C@@H](CO)C(C)C)[C@@H]3C(=O)N(CC=C)c1c(C)cccc1C)c1ccccc1. The molecule has 2 bridgehead atoms. The summed E-state index contributed by atoms with van der Waals surface area (Å²) in [5.74, 6) is -3.95. The molecule has 0 radical (unpaired) electrons. The average Bonchev–Trinajstić information content (AvgIpc) is 3.69. The summed E-state index contributed by atoms with van der Waals surface area (Å²) in [6.45, 7) is 16.8. The largest absolute Gasteiger partial charge is 0.455 e. The number of fused-ring (bicyclic) bond motifs is 1. The third-order valence-corrected chi connectivity index (χ3v) is 11.5. The van der Waals surface area contributed by atoms with Crippen molar-refractivity contribution in [3.05, 3.63) is 90.5 Å². The maximum absolute atomic E-state index is 15.1. The van der Waals surface area contributed by atoms with Crippen molar-refractivity contribution in [1.29, 1.82) is 0 Å². The van der Waals surface area contributed by atoms with E-state index in [1.54, 1.807) is 24.0 Å². The van der Waals surface area contributed by atoms with Crippen molar-refractivity contribution in [1.82, 2.24) is 10.2 Å². The molecule has 0 saturated carbocycles. The average molecular weight is 765 g/mol. The van der Waals surface area contributed by atoms with E-state index in [9.17, 15) is 19.5 Å². The van der Waals surface area contributed by atoms with Gasteiger partial charge in [0, 0.05) is 23.5 Å². The van der Waals surface area contributed by atoms with Gasteiger partial charge in [-0.3, -0.25) is 19.2 Å². The lowest BCUT2D eigenvalue weighted by atomic mass is 9.70. The number of aliphatic hydroxyl groups is 1. The van der Waals surface area contributed by atoms with Crippen LogP contribution in [0.4, 0.5) is 5.69 Å². The molecule has 1 spiro atoms. The Morgan fingerprint density at radius 2 is 1.76 bits per heavy atom. The summed E-state index contributed by atoms with van der Waals surface area (Å²) < 4.78 is 13.1. The number of benzene rings is 2. The highest BCUT2D eigenvalue weighted by molar-refractivity contribution is 9.09. The Balaban J connectivity index is 1.57. The van der Waals surface area contributed by atoms with E-state index in [-0.39, 0.29) is 42.1 Å². The number of nitrogens with zero attached hydrogens (tertiary/aromatic N) is 2. The standard InChI is InChI=1S/C40H50BrN3O7/c1-8-10-19-30(46)42-26(7)34(27-17-12-11-13-18-27)50-39(49)31-32-37(47)44(29(22-45)23(3)4)36(40(32)21-28(41)35(31)51-40)38(48)43(20-9-2)33-24(5)15-14-16-25(33)6/h8-9,11-18,23,26,28-29,31-32,34-36,45H,1-2,10,19-22H2,3-7H3,(H,42,46)/t26-,28?,29-,31+,32-,34-,35+,36+,40-/m0/s1. The van der Waals surface area contributed by atoms with Crippen molar-refractivity contribution in [2.24, 2.45) is 17.8 Å². The molecule has 3 saturated heterocycles. The van der Waals surface area contributed by atoms with Gasteiger partial charge in [0.05, 0.1) is 36.6 Å². The zero-order valence-electron chi connectivity index (χ0n) is 30.1. The molecule has 3 heterocycles. The molecule has 9 atom stereocenters. The molecule has 274 valence electrons. The molecule has 0 aromatic heterocycles. The fourth-order valence-electron chi connectivity index (χ4n) is 8.33. The second kappa shape index (κ2) is 15.8. The minimum absolute atomic E-state index is 0.178. The van der Waals surface area contributed by atoms with Crippen LogP contribution < -0.4 is 10.2 Å². The van der Waals surface area contributed by atoms with Gasteiger partial charge in [0.1, 0.15) is 17.7 Å². The maximum Gasteiger partial charge on any atom is 0.313 e. The van der Waals surface area contributed by atoms with Crippen LogP contribution in [-0.2, 0) is 28.7 Å². The van der Waals surface area contributed by atoms with E-state index < -0.39 is 59.6 Å². The van der Waals surface area contributed by atoms with E-state index >= 15 is 4.79 Å². The Kier molecular flexibility index (Phi) is 11.9. The molecular weight excluding hydrogens is 714 g/mol. The maximum atomic E-state index is 15.1. The van der Waals surface area contributed by atoms with E-state index in [0.717, 1.165) is 11.1 Å². The molecule has 1 unspecified atom stereocenters. The van der Waals surface area contributed by atoms with Crippen LogP contribution >= 0.6 is 15.9 Å². The second-order valence-corrected chi connectivity index (χ2v) is 15.5. The minimum Gasteiger partial charge on any atom is -0.455 e. The van der Waals surface area contributed by atoms with E-state index in [1.165, 1.54) is 4.90 Å². The summed E-state index contributed by atoms with van der Waals surface area (Å²) in [4.78, 5) is 60.0. The van der Waals surface area contributed by atoms with Gasteiger partial charge < -0.3 is 29.7 Å². The lowest BCUT2D eigenvalue weighted by molar-refractivity contribution is -0.162. The number of halogens is 1. The number of rotatable bonds is 15. The zero-order chi connectivity index (χ0) is 37.2. The van der Waals surface area contributed by atoms with Gasteiger partial charge in [-0.25, -0.2) is 0 Å². The van der Waals surface area contributed by atoms with Gasteiger partial charge in [-0.15, -0.1) is 13.2 Å². The Bertz CT molecular complexity index is 1630. The summed E-state index contributed by atoms with van der Waals surface area (Å²) in [5.41, 5.74) is 1.78. The van der Waals surface area contributed by atoms with Gasteiger partial charge in [-0.05, 0) is 56.2 Å². The summed E-state index contributed by atoms with van der Waals surface area (Å²) in [7, 11) is 0. The summed E-state index contributed by atoms with van der Waals surface area (Å²) in [6.07, 6.45) is 2.74. The van der Waals surface area contributed by atoms with Crippen LogP contribution in [0, 0.1) is 31.6 Å². The lowest BCUT2D eigenvalue weighted by Crippen LogP contribution is -2.60. The van der Waals surface area contributed by atoms with E-state index in [4.69, 9.17) is 9.47 Å². The number of carbonyl (C=O) groups excluding carboxylic acids is 4. The molecule has 3 amide bonds. The fraction of sp³-hybridized carbons (Fsp3) is 0.500. The first-order valence-electron chi connectivity index (χ1n) is 17.7. The van der Waals surface area contributed by atoms with E-state index in [1.807, 2.05) is 76.2 Å². The smallest absolute Gasteiger partial charge is 0.313 e. The topological polar surface area (TPSA) is 125 Å². The van der Waals surface area contributed by atoms with Gasteiger partial charge in [0.25, 0.3) is 5.91 Å². The molecule has 0 aliphatic carbocycles. The quantitative estimate of drug-likeness (QED) is 0.143. The number of alkyl halides is 1. The highest BCUT2D eigenvalue weighted by Crippen LogP contribution is 2.61. The van der Waals surface area contributed by atoms with E-state index in [2.05, 4.69) is 34.4 Å². The minimum atomic E-state index is -1.37. The van der Waals surface area contributed by atoms with Crippen LogP contribution in [0.1, 0.15) is 62.8 Å². The van der Waals surface area contributed by atoms with Crippen LogP contribution in [0.15, 0.2) is 73.8 Å². The predicted molar refractivity (Wildman–Crippen MR) is 199 cm³/mol. The number of likely N-dealkylation sites (tertiary alicyclic amines) is 1. The molecule has 3 aliphatic heterocycles. The lowest BCUT2D eigenvalue weighted by Gasteiger charge is -2.41. The molecule has 2 aromatic rings. The van der Waals surface area contributed by atoms with Gasteiger partial charge in [0.2, 0.25) is 11.8 Å². The van der Waals surface area contributed by atoms with Crippen LogP contribution in [-0.4, -0.2) is 81.5 Å². The Morgan fingerprint density at radius 1 is 1.10 bits per heavy atom. The number of esters is 1. The number of ether oxygens (including phenoxy) is 2. The first-order valence-corrected chi connectivity index (χ1v) is 18.6. The Labute approximate surface area is 309 Å². The van der Waals surface area contributed by atoms with Gasteiger partial charge in [-0.2, -0.15) is 0 Å². The number of aryl methyl sites for hydroxylation is 2. The van der Waals surface area contributed by atoms with Gasteiger partial charge in [0.15, 0.2) is 0 Å². The number of allylic oxidation sites excluding steroid dienone is 1.